The number of benzene rings is 2. The second-order valence-electron chi connectivity index (χ2n) is 6.59. The first-order valence-corrected chi connectivity index (χ1v) is 11.3. The molecule has 0 radical (unpaired) electrons. The standard InChI is InChI=1S/C21H19BrN2O4S/c1-14-4-8-17(9-5-14)28-18-10-6-16(7-11-18)24(29(3,26)27)21(25)19-12-15(2)13-23-20(19)22/h4-13H,1-3H3. The SMILES string of the molecule is Cc1ccc(Oc2ccc(N(C(=O)c3cc(C)cnc3Br)S(C)(=O)=O)cc2)cc1. The van der Waals surface area contributed by atoms with Crippen molar-refractivity contribution < 1.29 is 17.9 Å². The Balaban J connectivity index is 1.92. The number of nitrogens with zero attached hydrogens (tertiary/aromatic N) is 2. The zero-order valence-electron chi connectivity index (χ0n) is 16.1. The Kier molecular flexibility index (Phi) is 6.04. The minimum atomic E-state index is -3.88. The molecule has 2 aromatic carbocycles. The summed E-state index contributed by atoms with van der Waals surface area (Å²) < 4.78 is 31.6. The molecule has 1 heterocycles. The Morgan fingerprint density at radius 1 is 0.966 bits per heavy atom. The normalized spacial score (nSPS) is 11.2. The van der Waals surface area contributed by atoms with E-state index < -0.39 is 15.9 Å². The summed E-state index contributed by atoms with van der Waals surface area (Å²) in [7, 11) is -3.88. The van der Waals surface area contributed by atoms with E-state index in [0.29, 0.717) is 11.5 Å². The first kappa shape index (κ1) is 21.0. The fourth-order valence-corrected chi connectivity index (χ4v) is 3.95. The number of hydrogen-bond acceptors (Lipinski definition) is 5. The quantitative estimate of drug-likeness (QED) is 0.493. The molecule has 0 atom stereocenters. The molecule has 0 unspecified atom stereocenters. The summed E-state index contributed by atoms with van der Waals surface area (Å²) in [4.78, 5) is 17.1. The zero-order valence-corrected chi connectivity index (χ0v) is 18.5. The van der Waals surface area contributed by atoms with Crippen molar-refractivity contribution >= 4 is 37.5 Å². The molecule has 8 heteroatoms. The highest BCUT2D eigenvalue weighted by Gasteiger charge is 2.28. The fraction of sp³-hybridized carbons (Fsp3) is 0.143. The van der Waals surface area contributed by atoms with E-state index in [4.69, 9.17) is 4.74 Å². The van der Waals surface area contributed by atoms with E-state index in [2.05, 4.69) is 20.9 Å². The van der Waals surface area contributed by atoms with Crippen LogP contribution in [0.1, 0.15) is 21.5 Å². The number of halogens is 1. The van der Waals surface area contributed by atoms with Crippen LogP contribution in [0.4, 0.5) is 5.69 Å². The molecule has 1 aromatic heterocycles. The lowest BCUT2D eigenvalue weighted by Crippen LogP contribution is -2.36. The number of carbonyl (C=O) groups excluding carboxylic acids is 1. The molecule has 3 rings (SSSR count). The summed E-state index contributed by atoms with van der Waals surface area (Å²) in [5.41, 5.74) is 2.23. The van der Waals surface area contributed by atoms with Crippen LogP contribution in [0.25, 0.3) is 0 Å². The average Bonchev–Trinajstić information content (AvgIpc) is 2.66. The van der Waals surface area contributed by atoms with Gasteiger partial charge in [-0.05, 0) is 77.8 Å². The number of ether oxygens (including phenoxy) is 1. The molecule has 0 saturated carbocycles. The number of amides is 1. The summed E-state index contributed by atoms with van der Waals surface area (Å²) in [6.45, 7) is 3.76. The third-order valence-corrected chi connectivity index (χ3v) is 5.72. The Morgan fingerprint density at radius 3 is 2.07 bits per heavy atom. The molecule has 0 aliphatic heterocycles. The molecule has 0 fully saturated rings. The lowest BCUT2D eigenvalue weighted by Gasteiger charge is -2.21. The number of carbonyl (C=O) groups is 1. The van der Waals surface area contributed by atoms with E-state index in [1.165, 1.54) is 12.1 Å². The summed E-state index contributed by atoms with van der Waals surface area (Å²) in [5, 5.41) is 0. The minimum Gasteiger partial charge on any atom is -0.457 e. The maximum atomic E-state index is 13.0. The molecule has 0 bridgehead atoms. The van der Waals surface area contributed by atoms with Crippen molar-refractivity contribution in [3.63, 3.8) is 0 Å². The van der Waals surface area contributed by atoms with Crippen molar-refractivity contribution in [2.45, 2.75) is 13.8 Å². The predicted octanol–water partition coefficient (Wildman–Crippen LogP) is 4.86. The Labute approximate surface area is 178 Å². The third kappa shape index (κ3) is 5.02. The summed E-state index contributed by atoms with van der Waals surface area (Å²) in [5.74, 6) is 0.494. The van der Waals surface area contributed by atoms with Crippen LogP contribution in [-0.4, -0.2) is 25.6 Å². The Bertz CT molecular complexity index is 1140. The number of pyridine rings is 1. The van der Waals surface area contributed by atoms with Crippen LogP contribution in [0.15, 0.2) is 65.4 Å². The van der Waals surface area contributed by atoms with Gasteiger partial charge in [-0.2, -0.15) is 0 Å². The monoisotopic (exact) mass is 474 g/mol. The van der Waals surface area contributed by atoms with E-state index in [0.717, 1.165) is 21.7 Å². The van der Waals surface area contributed by atoms with Gasteiger partial charge in [0, 0.05) is 6.20 Å². The summed E-state index contributed by atoms with van der Waals surface area (Å²) in [6, 6.07) is 15.4. The molecule has 3 aromatic rings. The van der Waals surface area contributed by atoms with Gasteiger partial charge in [0.15, 0.2) is 0 Å². The minimum absolute atomic E-state index is 0.162. The van der Waals surface area contributed by atoms with Gasteiger partial charge in [0.05, 0.1) is 17.5 Å². The lowest BCUT2D eigenvalue weighted by molar-refractivity contribution is 0.100. The smallest absolute Gasteiger partial charge is 0.274 e. The van der Waals surface area contributed by atoms with Gasteiger partial charge in [-0.15, -0.1) is 0 Å². The first-order chi connectivity index (χ1) is 13.6. The van der Waals surface area contributed by atoms with E-state index in [-0.39, 0.29) is 15.9 Å². The maximum absolute atomic E-state index is 13.0. The van der Waals surface area contributed by atoms with Gasteiger partial charge in [-0.3, -0.25) is 4.79 Å². The van der Waals surface area contributed by atoms with Crippen LogP contribution in [0.2, 0.25) is 0 Å². The van der Waals surface area contributed by atoms with Crippen LogP contribution in [-0.2, 0) is 10.0 Å². The van der Waals surface area contributed by atoms with E-state index in [9.17, 15) is 13.2 Å². The maximum Gasteiger partial charge on any atom is 0.274 e. The van der Waals surface area contributed by atoms with E-state index >= 15 is 0 Å². The van der Waals surface area contributed by atoms with Crippen LogP contribution < -0.4 is 9.04 Å². The van der Waals surface area contributed by atoms with Gasteiger partial charge in [-0.25, -0.2) is 17.7 Å². The molecule has 0 N–H and O–H groups in total. The molecule has 29 heavy (non-hydrogen) atoms. The van der Waals surface area contributed by atoms with Gasteiger partial charge < -0.3 is 4.74 Å². The molecule has 0 spiro atoms. The summed E-state index contributed by atoms with van der Waals surface area (Å²) >= 11 is 3.22. The molecule has 1 amide bonds. The number of sulfonamides is 1. The number of aromatic nitrogens is 1. The molecule has 0 saturated heterocycles. The fourth-order valence-electron chi connectivity index (χ4n) is 2.66. The molecular weight excluding hydrogens is 456 g/mol. The van der Waals surface area contributed by atoms with Gasteiger partial charge >= 0.3 is 0 Å². The molecule has 0 aliphatic carbocycles. The van der Waals surface area contributed by atoms with Gasteiger partial charge in [0.1, 0.15) is 16.1 Å². The van der Waals surface area contributed by atoms with Crippen molar-refractivity contribution in [2.75, 3.05) is 10.6 Å². The number of anilines is 1. The van der Waals surface area contributed by atoms with Crippen LogP contribution in [0.3, 0.4) is 0 Å². The second-order valence-corrected chi connectivity index (χ2v) is 9.17. The second kappa shape index (κ2) is 8.34. The van der Waals surface area contributed by atoms with E-state index in [1.54, 1.807) is 31.3 Å². The number of rotatable bonds is 5. The third-order valence-electron chi connectivity index (χ3n) is 4.05. The predicted molar refractivity (Wildman–Crippen MR) is 116 cm³/mol. The van der Waals surface area contributed by atoms with E-state index in [1.807, 2.05) is 31.2 Å². The molecule has 150 valence electrons. The highest BCUT2D eigenvalue weighted by Crippen LogP contribution is 2.28. The number of aryl methyl sites for hydroxylation is 2. The molecule has 0 aliphatic rings. The average molecular weight is 475 g/mol. The Morgan fingerprint density at radius 2 is 1.52 bits per heavy atom. The number of hydrogen-bond donors (Lipinski definition) is 0. The van der Waals surface area contributed by atoms with Crippen LogP contribution in [0, 0.1) is 13.8 Å². The van der Waals surface area contributed by atoms with Gasteiger partial charge in [0.2, 0.25) is 10.0 Å². The van der Waals surface area contributed by atoms with Crippen molar-refractivity contribution in [1.82, 2.24) is 4.98 Å². The largest absolute Gasteiger partial charge is 0.457 e. The van der Waals surface area contributed by atoms with Gasteiger partial charge in [-0.1, -0.05) is 17.7 Å². The van der Waals surface area contributed by atoms with Crippen LogP contribution in [0.5, 0.6) is 11.5 Å². The van der Waals surface area contributed by atoms with Crippen molar-refractivity contribution in [1.29, 1.82) is 0 Å². The molecular formula is C21H19BrN2O4S. The topological polar surface area (TPSA) is 76.6 Å². The highest BCUT2D eigenvalue weighted by atomic mass is 79.9. The molecule has 6 nitrogen and oxygen atoms in total. The van der Waals surface area contributed by atoms with Crippen molar-refractivity contribution in [3.8, 4) is 11.5 Å². The zero-order chi connectivity index (χ0) is 21.2. The Hall–Kier alpha value is -2.71. The van der Waals surface area contributed by atoms with Crippen molar-refractivity contribution in [2.24, 2.45) is 0 Å². The van der Waals surface area contributed by atoms with Gasteiger partial charge in [0.25, 0.3) is 5.91 Å². The van der Waals surface area contributed by atoms with Crippen LogP contribution >= 0.6 is 15.9 Å². The lowest BCUT2D eigenvalue weighted by atomic mass is 10.2. The first-order valence-electron chi connectivity index (χ1n) is 8.66. The highest BCUT2D eigenvalue weighted by molar-refractivity contribution is 9.10. The summed E-state index contributed by atoms with van der Waals surface area (Å²) in [6.07, 6.45) is 2.57. The van der Waals surface area contributed by atoms with Crippen molar-refractivity contribution in [3.05, 3.63) is 82.1 Å².